The van der Waals surface area contributed by atoms with Crippen LogP contribution in [-0.4, -0.2) is 42.1 Å². The van der Waals surface area contributed by atoms with E-state index in [0.29, 0.717) is 5.02 Å². The van der Waals surface area contributed by atoms with Gasteiger partial charge in [0.15, 0.2) is 6.10 Å². The van der Waals surface area contributed by atoms with E-state index in [0.717, 1.165) is 0 Å². The minimum atomic E-state index is -1.16. The predicted molar refractivity (Wildman–Crippen MR) is 67.2 cm³/mol. The fourth-order valence-corrected chi connectivity index (χ4v) is 1.55. The largest absolute Gasteiger partial charge is 0.480 e. The van der Waals surface area contributed by atoms with Crippen molar-refractivity contribution in [1.82, 2.24) is 4.90 Å². The summed E-state index contributed by atoms with van der Waals surface area (Å²) in [5, 5.41) is 9.31. The van der Waals surface area contributed by atoms with Crippen LogP contribution in [0.5, 0.6) is 5.75 Å². The molecule has 0 fully saturated rings. The lowest BCUT2D eigenvalue weighted by molar-refractivity contribution is -0.135. The number of hydrogen-bond acceptors (Lipinski definition) is 3. The van der Waals surface area contributed by atoms with E-state index >= 15 is 0 Å². The second kappa shape index (κ2) is 5.73. The van der Waals surface area contributed by atoms with Crippen molar-refractivity contribution in [3.8, 4) is 5.75 Å². The van der Waals surface area contributed by atoms with Crippen LogP contribution in [0.4, 0.5) is 0 Å². The summed E-state index contributed by atoms with van der Waals surface area (Å²) in [6, 6.07) is 4.23. The van der Waals surface area contributed by atoms with Crippen molar-refractivity contribution in [2.24, 2.45) is 0 Å². The Kier molecular flexibility index (Phi) is 4.55. The zero-order chi connectivity index (χ0) is 13.9. The van der Waals surface area contributed by atoms with Gasteiger partial charge in [0.2, 0.25) is 0 Å². The number of carbonyl (C=O) groups is 2. The molecular weight excluding hydrogens is 258 g/mol. The van der Waals surface area contributed by atoms with E-state index in [2.05, 4.69) is 0 Å². The number of halogens is 1. The molecule has 0 aliphatic heterocycles. The van der Waals surface area contributed by atoms with Gasteiger partial charge in [-0.25, -0.2) is 4.79 Å². The van der Waals surface area contributed by atoms with Gasteiger partial charge in [-0.15, -0.1) is 0 Å². The van der Waals surface area contributed by atoms with Crippen molar-refractivity contribution in [2.75, 3.05) is 14.1 Å². The van der Waals surface area contributed by atoms with E-state index in [1.54, 1.807) is 21.0 Å². The number of benzene rings is 1. The Balaban J connectivity index is 2.97. The van der Waals surface area contributed by atoms with Gasteiger partial charge < -0.3 is 14.7 Å². The minimum Gasteiger partial charge on any atom is -0.480 e. The first kappa shape index (κ1) is 14.3. The van der Waals surface area contributed by atoms with E-state index in [1.807, 2.05) is 0 Å². The molecule has 1 unspecified atom stereocenters. The summed E-state index contributed by atoms with van der Waals surface area (Å²) < 4.78 is 5.35. The van der Waals surface area contributed by atoms with Gasteiger partial charge in [0.25, 0.3) is 5.91 Å². The van der Waals surface area contributed by atoms with Crippen LogP contribution < -0.4 is 4.74 Å². The molecule has 0 aromatic heterocycles. The normalized spacial score (nSPS) is 11.8. The molecule has 1 aromatic carbocycles. The molecule has 18 heavy (non-hydrogen) atoms. The quantitative estimate of drug-likeness (QED) is 0.908. The standard InChI is InChI=1S/C12H14ClNO4/c1-7(11(15)14(2)3)18-10-5-4-8(13)6-9(10)12(16)17/h4-7H,1-3H3,(H,16,17). The number of hydrogen-bond donors (Lipinski definition) is 1. The van der Waals surface area contributed by atoms with E-state index in [9.17, 15) is 9.59 Å². The van der Waals surface area contributed by atoms with Crippen LogP contribution in [-0.2, 0) is 4.79 Å². The molecular formula is C12H14ClNO4. The number of rotatable bonds is 4. The fourth-order valence-electron chi connectivity index (χ4n) is 1.38. The second-order valence-corrected chi connectivity index (χ2v) is 4.37. The summed E-state index contributed by atoms with van der Waals surface area (Å²) >= 11 is 5.72. The average Bonchev–Trinajstić information content (AvgIpc) is 2.29. The first-order valence-corrected chi connectivity index (χ1v) is 5.61. The summed E-state index contributed by atoms with van der Waals surface area (Å²) in [5.41, 5.74) is -0.0686. The fraction of sp³-hybridized carbons (Fsp3) is 0.333. The van der Waals surface area contributed by atoms with Gasteiger partial charge in [-0.3, -0.25) is 4.79 Å². The average molecular weight is 272 g/mol. The third-order valence-electron chi connectivity index (χ3n) is 2.26. The molecule has 0 spiro atoms. The van der Waals surface area contributed by atoms with Crippen LogP contribution in [0.1, 0.15) is 17.3 Å². The van der Waals surface area contributed by atoms with Gasteiger partial charge in [0, 0.05) is 19.1 Å². The molecule has 6 heteroatoms. The zero-order valence-corrected chi connectivity index (χ0v) is 11.1. The lowest BCUT2D eigenvalue weighted by Crippen LogP contribution is -2.35. The molecule has 0 radical (unpaired) electrons. The van der Waals surface area contributed by atoms with Crippen LogP contribution in [0, 0.1) is 0 Å². The molecule has 1 amide bonds. The molecule has 1 rings (SSSR count). The number of amides is 1. The lowest BCUT2D eigenvalue weighted by atomic mass is 10.2. The molecule has 5 nitrogen and oxygen atoms in total. The maximum Gasteiger partial charge on any atom is 0.339 e. The Morgan fingerprint density at radius 3 is 2.50 bits per heavy atom. The van der Waals surface area contributed by atoms with Crippen LogP contribution in [0.2, 0.25) is 5.02 Å². The van der Waals surface area contributed by atoms with Gasteiger partial charge in [-0.2, -0.15) is 0 Å². The third kappa shape index (κ3) is 3.37. The maximum absolute atomic E-state index is 11.6. The highest BCUT2D eigenvalue weighted by Crippen LogP contribution is 2.24. The summed E-state index contributed by atoms with van der Waals surface area (Å²) in [5.74, 6) is -1.28. The molecule has 0 aliphatic rings. The molecule has 0 aliphatic carbocycles. The number of aromatic carboxylic acids is 1. The zero-order valence-electron chi connectivity index (χ0n) is 10.3. The van der Waals surface area contributed by atoms with E-state index < -0.39 is 12.1 Å². The Morgan fingerprint density at radius 1 is 1.39 bits per heavy atom. The van der Waals surface area contributed by atoms with Gasteiger partial charge in [0.05, 0.1) is 0 Å². The molecule has 0 saturated carbocycles. The Morgan fingerprint density at radius 2 is 2.00 bits per heavy atom. The van der Waals surface area contributed by atoms with Crippen molar-refractivity contribution in [3.63, 3.8) is 0 Å². The molecule has 0 heterocycles. The second-order valence-electron chi connectivity index (χ2n) is 3.94. The highest BCUT2D eigenvalue weighted by Gasteiger charge is 2.20. The number of carboxylic acids is 1. The van der Waals surface area contributed by atoms with Crippen LogP contribution >= 0.6 is 11.6 Å². The van der Waals surface area contributed by atoms with Gasteiger partial charge in [0.1, 0.15) is 11.3 Å². The third-order valence-corrected chi connectivity index (χ3v) is 2.50. The first-order chi connectivity index (χ1) is 8.32. The summed E-state index contributed by atoms with van der Waals surface area (Å²) in [7, 11) is 3.20. The summed E-state index contributed by atoms with van der Waals surface area (Å²) in [6.07, 6.45) is -0.765. The van der Waals surface area contributed by atoms with Gasteiger partial charge >= 0.3 is 5.97 Å². The monoisotopic (exact) mass is 271 g/mol. The minimum absolute atomic E-state index is 0.0686. The van der Waals surface area contributed by atoms with Crippen molar-refractivity contribution >= 4 is 23.5 Å². The molecule has 0 bridgehead atoms. The smallest absolute Gasteiger partial charge is 0.339 e. The SMILES string of the molecule is CC(Oc1ccc(Cl)cc1C(=O)O)C(=O)N(C)C. The van der Waals surface area contributed by atoms with Crippen LogP contribution in [0.15, 0.2) is 18.2 Å². The molecule has 1 aromatic rings. The lowest BCUT2D eigenvalue weighted by Gasteiger charge is -2.19. The number of ether oxygens (including phenoxy) is 1. The number of nitrogens with zero attached hydrogens (tertiary/aromatic N) is 1. The molecule has 1 N–H and O–H groups in total. The Hall–Kier alpha value is -1.75. The predicted octanol–water partition coefficient (Wildman–Crippen LogP) is 1.89. The Labute approximate surface area is 110 Å². The number of carboxylic acid groups (broad SMARTS) is 1. The number of carbonyl (C=O) groups excluding carboxylic acids is 1. The van der Waals surface area contributed by atoms with E-state index in [-0.39, 0.29) is 17.2 Å². The topological polar surface area (TPSA) is 66.8 Å². The van der Waals surface area contributed by atoms with E-state index in [1.165, 1.54) is 23.1 Å². The number of likely N-dealkylation sites (N-methyl/N-ethyl adjacent to an activating group) is 1. The first-order valence-electron chi connectivity index (χ1n) is 5.23. The van der Waals surface area contributed by atoms with Crippen molar-refractivity contribution < 1.29 is 19.4 Å². The van der Waals surface area contributed by atoms with Crippen LogP contribution in [0.25, 0.3) is 0 Å². The molecule has 1 atom stereocenters. The van der Waals surface area contributed by atoms with Crippen molar-refractivity contribution in [3.05, 3.63) is 28.8 Å². The maximum atomic E-state index is 11.6. The summed E-state index contributed by atoms with van der Waals surface area (Å²) in [6.45, 7) is 1.56. The van der Waals surface area contributed by atoms with Crippen molar-refractivity contribution in [1.29, 1.82) is 0 Å². The Bertz CT molecular complexity index is 473. The highest BCUT2D eigenvalue weighted by molar-refractivity contribution is 6.31. The van der Waals surface area contributed by atoms with E-state index in [4.69, 9.17) is 21.4 Å². The molecule has 98 valence electrons. The van der Waals surface area contributed by atoms with Crippen molar-refractivity contribution in [2.45, 2.75) is 13.0 Å². The van der Waals surface area contributed by atoms with Gasteiger partial charge in [-0.05, 0) is 25.1 Å². The highest BCUT2D eigenvalue weighted by atomic mass is 35.5. The summed E-state index contributed by atoms with van der Waals surface area (Å²) in [4.78, 5) is 24.0. The molecule has 0 saturated heterocycles. The van der Waals surface area contributed by atoms with Gasteiger partial charge in [-0.1, -0.05) is 11.6 Å². The van der Waals surface area contributed by atoms with Crippen LogP contribution in [0.3, 0.4) is 0 Å².